The van der Waals surface area contributed by atoms with Crippen molar-refractivity contribution in [3.63, 3.8) is 0 Å². The molecule has 0 aliphatic heterocycles. The molecule has 0 aromatic heterocycles. The molecule has 0 fully saturated rings. The van der Waals surface area contributed by atoms with Gasteiger partial charge in [-0.3, -0.25) is 37.3 Å². The molecule has 3 unspecified atom stereocenters. The number of aliphatic hydroxyl groups is 1. The number of esters is 4. The lowest BCUT2D eigenvalue weighted by molar-refractivity contribution is -0.161. The Kier molecular flexibility index (Phi) is 57.8. The van der Waals surface area contributed by atoms with Crippen molar-refractivity contribution >= 4 is 39.5 Å². The Bertz CT molecular complexity index is 1720. The summed E-state index contributed by atoms with van der Waals surface area (Å²) in [7, 11) is -9.89. The van der Waals surface area contributed by atoms with Gasteiger partial charge in [-0.15, -0.1) is 0 Å². The van der Waals surface area contributed by atoms with Gasteiger partial charge in [-0.05, 0) is 43.4 Å². The van der Waals surface area contributed by atoms with Gasteiger partial charge in [0.2, 0.25) is 0 Å². The maximum atomic E-state index is 13.0. The predicted octanol–water partition coefficient (Wildman–Crippen LogP) is 19.1. The maximum Gasteiger partial charge on any atom is 0.472 e. The van der Waals surface area contributed by atoms with Crippen LogP contribution in [0, 0.1) is 17.8 Å². The highest BCUT2D eigenvalue weighted by Crippen LogP contribution is 2.45. The lowest BCUT2D eigenvalue weighted by atomic mass is 9.99. The molecule has 17 nitrogen and oxygen atoms in total. The number of aliphatic hydroxyl groups excluding tert-OH is 1. The Labute approximate surface area is 530 Å². The standard InChI is InChI=1S/C68H132O17P2/c1-8-10-11-12-13-20-27-35-42-49-65(70)78-56-64(85-68(73)52-45-38-31-30-33-40-47-60(5)6)58-83-87(76,77)81-54-62(69)53-80-86(74,75)82-57-63(55-79-66(71)50-43-36-28-24-23-25-32-39-46-59(3)4)84-67(72)51-44-37-29-22-19-17-15-14-16-18-21-26-34-41-48-61(7)9-2/h59-64,69H,8-58H2,1-7H3,(H,74,75)(H,76,77)/t61?,62-,63-,64-/m1/s1. The van der Waals surface area contributed by atoms with Crippen molar-refractivity contribution < 1.29 is 80.2 Å². The summed E-state index contributed by atoms with van der Waals surface area (Å²) in [6.45, 7) is 11.7. The van der Waals surface area contributed by atoms with Gasteiger partial charge >= 0.3 is 39.5 Å². The summed E-state index contributed by atoms with van der Waals surface area (Å²) < 4.78 is 68.1. The SMILES string of the molecule is CCCCCCCCCCCC(=O)OC[C@H](COP(=O)(O)OC[C@H](O)COP(=O)(O)OC[C@@H](COC(=O)CCCCCCCCCCC(C)C)OC(=O)CCCCCCCCCCCCCCCCC(C)CC)OC(=O)CCCCCCCCC(C)C. The van der Waals surface area contributed by atoms with Crippen LogP contribution >= 0.6 is 15.6 Å². The minimum absolute atomic E-state index is 0.102. The van der Waals surface area contributed by atoms with Crippen molar-refractivity contribution in [2.24, 2.45) is 17.8 Å². The summed E-state index contributed by atoms with van der Waals surface area (Å²) in [5.74, 6) is 0.106. The van der Waals surface area contributed by atoms with Crippen LogP contribution in [0.25, 0.3) is 0 Å². The number of rotatable bonds is 66. The summed E-state index contributed by atoms with van der Waals surface area (Å²) in [6, 6.07) is 0. The van der Waals surface area contributed by atoms with Crippen LogP contribution in [-0.2, 0) is 65.4 Å². The molecule has 0 rings (SSSR count). The number of unbranched alkanes of at least 4 members (excludes halogenated alkanes) is 33. The zero-order valence-corrected chi connectivity index (χ0v) is 58.3. The second-order valence-electron chi connectivity index (χ2n) is 25.8. The van der Waals surface area contributed by atoms with Gasteiger partial charge in [0, 0.05) is 25.7 Å². The van der Waals surface area contributed by atoms with Crippen molar-refractivity contribution in [2.45, 2.75) is 356 Å². The number of hydrogen-bond acceptors (Lipinski definition) is 15. The monoisotopic (exact) mass is 1280 g/mol. The molecule has 87 heavy (non-hydrogen) atoms. The highest BCUT2D eigenvalue weighted by Gasteiger charge is 2.30. The second kappa shape index (κ2) is 59.1. The van der Waals surface area contributed by atoms with Crippen molar-refractivity contribution in [2.75, 3.05) is 39.6 Å². The van der Waals surface area contributed by atoms with E-state index >= 15 is 0 Å². The van der Waals surface area contributed by atoms with Crippen molar-refractivity contribution in [1.29, 1.82) is 0 Å². The molecule has 516 valence electrons. The fraction of sp³-hybridized carbons (Fsp3) is 0.941. The smallest absolute Gasteiger partial charge is 0.462 e. The van der Waals surface area contributed by atoms with Crippen LogP contribution in [0.5, 0.6) is 0 Å². The molecule has 0 aromatic carbocycles. The molecule has 3 N–H and O–H groups in total. The van der Waals surface area contributed by atoms with E-state index in [2.05, 4.69) is 48.5 Å². The van der Waals surface area contributed by atoms with Gasteiger partial charge in [0.15, 0.2) is 12.2 Å². The number of hydrogen-bond donors (Lipinski definition) is 3. The van der Waals surface area contributed by atoms with Crippen LogP contribution in [0.1, 0.15) is 337 Å². The third kappa shape index (κ3) is 61.3. The second-order valence-corrected chi connectivity index (χ2v) is 28.7. The average molecular weight is 1280 g/mol. The molecule has 0 spiro atoms. The molecule has 0 heterocycles. The van der Waals surface area contributed by atoms with E-state index in [1.54, 1.807) is 0 Å². The number of phosphoric acid groups is 2. The maximum absolute atomic E-state index is 13.0. The zero-order chi connectivity index (χ0) is 64.5. The van der Waals surface area contributed by atoms with Crippen LogP contribution in [0.15, 0.2) is 0 Å². The number of carbonyl (C=O) groups is 4. The molecular weight excluding hydrogens is 1150 g/mol. The highest BCUT2D eigenvalue weighted by atomic mass is 31.2. The first-order valence-electron chi connectivity index (χ1n) is 35.4. The summed E-state index contributed by atoms with van der Waals surface area (Å²) in [4.78, 5) is 72.3. The molecule has 0 bridgehead atoms. The van der Waals surface area contributed by atoms with Crippen molar-refractivity contribution in [1.82, 2.24) is 0 Å². The molecule has 0 aliphatic rings. The molecule has 0 radical (unpaired) electrons. The number of ether oxygens (including phenoxy) is 4. The zero-order valence-electron chi connectivity index (χ0n) is 56.5. The summed E-state index contributed by atoms with van der Waals surface area (Å²) in [5, 5.41) is 10.6. The third-order valence-electron chi connectivity index (χ3n) is 16.0. The van der Waals surface area contributed by atoms with Crippen LogP contribution in [0.4, 0.5) is 0 Å². The van der Waals surface area contributed by atoms with Crippen LogP contribution in [0.3, 0.4) is 0 Å². The predicted molar refractivity (Wildman–Crippen MR) is 349 cm³/mol. The van der Waals surface area contributed by atoms with Gasteiger partial charge in [0.25, 0.3) is 0 Å². The van der Waals surface area contributed by atoms with Gasteiger partial charge in [0.1, 0.15) is 19.3 Å². The Morgan fingerprint density at radius 3 is 0.874 bits per heavy atom. The molecule has 0 aliphatic carbocycles. The minimum atomic E-state index is -4.95. The molecule has 0 saturated heterocycles. The van der Waals surface area contributed by atoms with Gasteiger partial charge in [-0.1, -0.05) is 286 Å². The van der Waals surface area contributed by atoms with Gasteiger partial charge in [-0.25, -0.2) is 9.13 Å². The van der Waals surface area contributed by atoms with E-state index in [1.807, 2.05) is 0 Å². The Balaban J connectivity index is 5.20. The van der Waals surface area contributed by atoms with Crippen molar-refractivity contribution in [3.05, 3.63) is 0 Å². The number of carbonyl (C=O) groups excluding carboxylic acids is 4. The minimum Gasteiger partial charge on any atom is -0.462 e. The Hall–Kier alpha value is -1.94. The highest BCUT2D eigenvalue weighted by molar-refractivity contribution is 7.47. The van der Waals surface area contributed by atoms with E-state index in [4.69, 9.17) is 37.0 Å². The van der Waals surface area contributed by atoms with Gasteiger partial charge in [-0.2, -0.15) is 0 Å². The molecule has 19 heteroatoms. The molecule has 0 aromatic rings. The Morgan fingerprint density at radius 1 is 0.333 bits per heavy atom. The van der Waals surface area contributed by atoms with E-state index in [1.165, 1.54) is 148 Å². The van der Waals surface area contributed by atoms with E-state index in [0.29, 0.717) is 31.6 Å². The first kappa shape index (κ1) is 85.1. The lowest BCUT2D eigenvalue weighted by Gasteiger charge is -2.21. The lowest BCUT2D eigenvalue weighted by Crippen LogP contribution is -2.30. The van der Waals surface area contributed by atoms with Crippen molar-refractivity contribution in [3.8, 4) is 0 Å². The average Bonchev–Trinajstić information content (AvgIpc) is 3.68. The van der Waals surface area contributed by atoms with Crippen LogP contribution in [-0.4, -0.2) is 96.7 Å². The molecule has 6 atom stereocenters. The summed E-state index contributed by atoms with van der Waals surface area (Å²) >= 11 is 0. The van der Waals surface area contributed by atoms with E-state index in [-0.39, 0.29) is 25.7 Å². The summed E-state index contributed by atoms with van der Waals surface area (Å²) in [6.07, 6.45) is 41.9. The fourth-order valence-electron chi connectivity index (χ4n) is 10.2. The van der Waals surface area contributed by atoms with Gasteiger partial charge in [0.05, 0.1) is 26.4 Å². The van der Waals surface area contributed by atoms with E-state index < -0.39 is 97.5 Å². The largest absolute Gasteiger partial charge is 0.472 e. The Morgan fingerprint density at radius 2 is 0.586 bits per heavy atom. The fourth-order valence-corrected chi connectivity index (χ4v) is 11.7. The summed E-state index contributed by atoms with van der Waals surface area (Å²) in [5.41, 5.74) is 0. The molecular formula is C68H132O17P2. The van der Waals surface area contributed by atoms with Crippen LogP contribution < -0.4 is 0 Å². The molecule has 0 saturated carbocycles. The number of phosphoric ester groups is 2. The first-order valence-corrected chi connectivity index (χ1v) is 38.4. The van der Waals surface area contributed by atoms with Gasteiger partial charge < -0.3 is 33.8 Å². The molecule has 0 amide bonds. The quantitative estimate of drug-likeness (QED) is 0.0222. The third-order valence-corrected chi connectivity index (χ3v) is 17.9. The first-order chi connectivity index (χ1) is 41.8. The van der Waals surface area contributed by atoms with E-state index in [9.17, 15) is 43.2 Å². The van der Waals surface area contributed by atoms with E-state index in [0.717, 1.165) is 102 Å². The normalized spacial score (nSPS) is 14.6. The van der Waals surface area contributed by atoms with Crippen LogP contribution in [0.2, 0.25) is 0 Å². The topological polar surface area (TPSA) is 237 Å².